The summed E-state index contributed by atoms with van der Waals surface area (Å²) >= 11 is 0. The smallest absolute Gasteiger partial charge is 0.255 e. The van der Waals surface area contributed by atoms with E-state index in [-0.39, 0.29) is 5.91 Å². The van der Waals surface area contributed by atoms with Gasteiger partial charge in [0.05, 0.1) is 12.7 Å². The highest BCUT2D eigenvalue weighted by molar-refractivity contribution is 5.96. The Morgan fingerprint density at radius 1 is 1.07 bits per heavy atom. The van der Waals surface area contributed by atoms with E-state index in [1.807, 2.05) is 24.3 Å². The molecule has 4 aromatic rings. The van der Waals surface area contributed by atoms with Crippen LogP contribution in [-0.2, 0) is 6.54 Å². The molecule has 2 aromatic carbocycles. The number of benzene rings is 2. The fourth-order valence-electron chi connectivity index (χ4n) is 3.46. The zero-order chi connectivity index (χ0) is 20.9. The summed E-state index contributed by atoms with van der Waals surface area (Å²) in [6, 6.07) is 19.4. The van der Waals surface area contributed by atoms with E-state index in [9.17, 15) is 4.79 Å². The molecule has 0 aliphatic heterocycles. The van der Waals surface area contributed by atoms with E-state index in [1.165, 1.54) is 5.56 Å². The summed E-state index contributed by atoms with van der Waals surface area (Å²) in [4.78, 5) is 21.8. The number of nitrogens with zero attached hydrogens (tertiary/aromatic N) is 3. The number of rotatable bonds is 7. The minimum atomic E-state index is -0.139. The lowest BCUT2D eigenvalue weighted by atomic mass is 10.1. The van der Waals surface area contributed by atoms with Crippen molar-refractivity contribution in [1.29, 1.82) is 0 Å². The molecular weight excluding hydrogens is 376 g/mol. The van der Waals surface area contributed by atoms with Crippen LogP contribution < -0.4 is 10.1 Å². The van der Waals surface area contributed by atoms with Gasteiger partial charge in [0.2, 0.25) is 0 Å². The SMILES string of the molecule is COc1ccccc1C(=O)NCCCn1c(-c2ccc(C)cc2)nc2cccnc21. The number of carbonyl (C=O) groups is 1. The van der Waals surface area contributed by atoms with Gasteiger partial charge in [-0.25, -0.2) is 9.97 Å². The molecule has 1 amide bonds. The van der Waals surface area contributed by atoms with Crippen molar-refractivity contribution in [2.45, 2.75) is 19.9 Å². The summed E-state index contributed by atoms with van der Waals surface area (Å²) in [5.74, 6) is 1.32. The predicted molar refractivity (Wildman–Crippen MR) is 118 cm³/mol. The van der Waals surface area contributed by atoms with Crippen molar-refractivity contribution >= 4 is 17.1 Å². The maximum atomic E-state index is 12.5. The zero-order valence-electron chi connectivity index (χ0n) is 17.1. The number of hydrogen-bond acceptors (Lipinski definition) is 4. The van der Waals surface area contributed by atoms with E-state index in [1.54, 1.807) is 25.4 Å². The van der Waals surface area contributed by atoms with Crippen molar-refractivity contribution in [3.63, 3.8) is 0 Å². The summed E-state index contributed by atoms with van der Waals surface area (Å²) in [6.07, 6.45) is 2.53. The summed E-state index contributed by atoms with van der Waals surface area (Å²) in [7, 11) is 1.57. The fourth-order valence-corrected chi connectivity index (χ4v) is 3.46. The minimum absolute atomic E-state index is 0.139. The van der Waals surface area contributed by atoms with Gasteiger partial charge in [0.25, 0.3) is 5.91 Å². The van der Waals surface area contributed by atoms with E-state index >= 15 is 0 Å². The highest BCUT2D eigenvalue weighted by Gasteiger charge is 2.14. The first-order valence-electron chi connectivity index (χ1n) is 9.97. The lowest BCUT2D eigenvalue weighted by Crippen LogP contribution is -2.25. The first-order valence-corrected chi connectivity index (χ1v) is 9.97. The summed E-state index contributed by atoms with van der Waals surface area (Å²) in [6.45, 7) is 3.30. The maximum Gasteiger partial charge on any atom is 0.255 e. The number of carbonyl (C=O) groups excluding carboxylic acids is 1. The number of aryl methyl sites for hydroxylation is 2. The molecule has 30 heavy (non-hydrogen) atoms. The fraction of sp³-hybridized carbons (Fsp3) is 0.208. The van der Waals surface area contributed by atoms with Crippen LogP contribution in [0.1, 0.15) is 22.3 Å². The predicted octanol–water partition coefficient (Wildman–Crippen LogP) is 4.24. The molecule has 0 aliphatic rings. The van der Waals surface area contributed by atoms with Gasteiger partial charge in [0.15, 0.2) is 5.65 Å². The molecule has 4 rings (SSSR count). The van der Waals surface area contributed by atoms with Crippen LogP contribution in [0.3, 0.4) is 0 Å². The Morgan fingerprint density at radius 2 is 1.87 bits per heavy atom. The van der Waals surface area contributed by atoms with Crippen LogP contribution in [0.2, 0.25) is 0 Å². The topological polar surface area (TPSA) is 69.0 Å². The average Bonchev–Trinajstić information content (AvgIpc) is 3.15. The van der Waals surface area contributed by atoms with Crippen LogP contribution in [0.5, 0.6) is 5.75 Å². The number of hydrogen-bond donors (Lipinski definition) is 1. The molecule has 0 fully saturated rings. The molecule has 2 aromatic heterocycles. The molecule has 0 saturated carbocycles. The molecule has 0 spiro atoms. The normalized spacial score (nSPS) is 10.9. The molecule has 1 N–H and O–H groups in total. The van der Waals surface area contributed by atoms with Gasteiger partial charge in [-0.15, -0.1) is 0 Å². The molecule has 0 bridgehead atoms. The van der Waals surface area contributed by atoms with Crippen molar-refractivity contribution in [3.8, 4) is 17.1 Å². The summed E-state index contributed by atoms with van der Waals surface area (Å²) in [5, 5.41) is 2.98. The van der Waals surface area contributed by atoms with Crippen molar-refractivity contribution in [3.05, 3.63) is 78.0 Å². The third-order valence-electron chi connectivity index (χ3n) is 5.01. The number of pyridine rings is 1. The number of amides is 1. The number of nitrogens with one attached hydrogen (secondary N) is 1. The Kier molecular flexibility index (Phi) is 5.75. The standard InChI is InChI=1S/C24H24N4O2/c1-17-10-12-18(13-11-17)22-27-20-8-5-14-25-23(20)28(22)16-6-15-26-24(29)19-7-3-4-9-21(19)30-2/h3-5,7-14H,6,15-16H2,1-2H3,(H,26,29). The third kappa shape index (κ3) is 4.03. The quantitative estimate of drug-likeness (QED) is 0.471. The van der Waals surface area contributed by atoms with Gasteiger partial charge in [-0.1, -0.05) is 42.0 Å². The van der Waals surface area contributed by atoms with Crippen LogP contribution in [0.25, 0.3) is 22.6 Å². The number of aromatic nitrogens is 3. The molecule has 0 saturated heterocycles. The molecule has 0 unspecified atom stereocenters. The Labute approximate surface area is 175 Å². The Balaban J connectivity index is 1.49. The highest BCUT2D eigenvalue weighted by atomic mass is 16.5. The highest BCUT2D eigenvalue weighted by Crippen LogP contribution is 2.24. The minimum Gasteiger partial charge on any atom is -0.496 e. The maximum absolute atomic E-state index is 12.5. The summed E-state index contributed by atoms with van der Waals surface area (Å²) in [5.41, 5.74) is 4.51. The molecule has 2 heterocycles. The number of para-hydroxylation sites is 1. The van der Waals surface area contributed by atoms with Crippen LogP contribution in [0.4, 0.5) is 0 Å². The number of fused-ring (bicyclic) bond motifs is 1. The second-order valence-electron chi connectivity index (χ2n) is 7.11. The Morgan fingerprint density at radius 3 is 2.67 bits per heavy atom. The van der Waals surface area contributed by atoms with Crippen LogP contribution in [-0.4, -0.2) is 34.1 Å². The number of methoxy groups -OCH3 is 1. The van der Waals surface area contributed by atoms with Gasteiger partial charge >= 0.3 is 0 Å². The molecular formula is C24H24N4O2. The lowest BCUT2D eigenvalue weighted by Gasteiger charge is -2.11. The Hall–Kier alpha value is -3.67. The molecule has 152 valence electrons. The zero-order valence-corrected chi connectivity index (χ0v) is 17.1. The van der Waals surface area contributed by atoms with Gasteiger partial charge in [-0.3, -0.25) is 4.79 Å². The van der Waals surface area contributed by atoms with E-state index < -0.39 is 0 Å². The summed E-state index contributed by atoms with van der Waals surface area (Å²) < 4.78 is 7.39. The number of imidazole rings is 1. The molecule has 6 nitrogen and oxygen atoms in total. The third-order valence-corrected chi connectivity index (χ3v) is 5.01. The van der Waals surface area contributed by atoms with Crippen LogP contribution >= 0.6 is 0 Å². The Bertz CT molecular complexity index is 1170. The molecule has 0 atom stereocenters. The first kappa shape index (κ1) is 19.6. The van der Waals surface area contributed by atoms with E-state index in [2.05, 4.69) is 46.1 Å². The average molecular weight is 400 g/mol. The van der Waals surface area contributed by atoms with Crippen LogP contribution in [0.15, 0.2) is 66.9 Å². The van der Waals surface area contributed by atoms with Crippen molar-refractivity contribution in [2.75, 3.05) is 13.7 Å². The lowest BCUT2D eigenvalue weighted by molar-refractivity contribution is 0.0950. The van der Waals surface area contributed by atoms with Gasteiger partial charge < -0.3 is 14.6 Å². The monoisotopic (exact) mass is 400 g/mol. The second kappa shape index (κ2) is 8.78. The van der Waals surface area contributed by atoms with Crippen molar-refractivity contribution in [1.82, 2.24) is 19.9 Å². The van der Waals surface area contributed by atoms with Gasteiger partial charge in [0, 0.05) is 24.8 Å². The molecule has 0 radical (unpaired) electrons. The van der Waals surface area contributed by atoms with Gasteiger partial charge in [0.1, 0.15) is 17.1 Å². The van der Waals surface area contributed by atoms with Crippen LogP contribution in [0, 0.1) is 6.92 Å². The number of ether oxygens (including phenoxy) is 1. The van der Waals surface area contributed by atoms with E-state index in [0.29, 0.717) is 24.4 Å². The van der Waals surface area contributed by atoms with E-state index in [4.69, 9.17) is 9.72 Å². The van der Waals surface area contributed by atoms with E-state index in [0.717, 1.165) is 29.0 Å². The first-order chi connectivity index (χ1) is 14.7. The van der Waals surface area contributed by atoms with Crippen molar-refractivity contribution in [2.24, 2.45) is 0 Å². The molecule has 6 heteroatoms. The van der Waals surface area contributed by atoms with Gasteiger partial charge in [-0.05, 0) is 37.6 Å². The van der Waals surface area contributed by atoms with Crippen molar-refractivity contribution < 1.29 is 9.53 Å². The van der Waals surface area contributed by atoms with Gasteiger partial charge in [-0.2, -0.15) is 0 Å². The second-order valence-corrected chi connectivity index (χ2v) is 7.11. The largest absolute Gasteiger partial charge is 0.496 e. The molecule has 0 aliphatic carbocycles.